The van der Waals surface area contributed by atoms with Crippen LogP contribution in [0, 0.1) is 0 Å². The summed E-state index contributed by atoms with van der Waals surface area (Å²) >= 11 is 1.28. The van der Waals surface area contributed by atoms with E-state index < -0.39 is 35.2 Å². The first-order valence-corrected chi connectivity index (χ1v) is 8.90. The predicted octanol–water partition coefficient (Wildman–Crippen LogP) is -0.683. The van der Waals surface area contributed by atoms with Crippen molar-refractivity contribution in [3.05, 3.63) is 35.2 Å². The number of fused-ring (bicyclic) bond motifs is 1. The maximum Gasteiger partial charge on any atom is 0.356 e. The Balaban J connectivity index is 1.73. The third-order valence-electron chi connectivity index (χ3n) is 4.37. The van der Waals surface area contributed by atoms with Crippen LogP contribution >= 0.6 is 11.8 Å². The molecule has 0 saturated carbocycles. The molecule has 7 N–H and O–H groups in total. The minimum Gasteiger partial charge on any atom is -0.506 e. The van der Waals surface area contributed by atoms with Gasteiger partial charge in [-0.25, -0.2) is 4.79 Å². The number of carbonyl (C=O) groups excluding carboxylic acids is 2. The minimum absolute atomic E-state index is 0.0767. The summed E-state index contributed by atoms with van der Waals surface area (Å²) in [5.41, 5.74) is 11.7. The van der Waals surface area contributed by atoms with Crippen LogP contribution in [0.2, 0.25) is 0 Å². The van der Waals surface area contributed by atoms with Crippen molar-refractivity contribution >= 4 is 35.2 Å². The van der Waals surface area contributed by atoms with Crippen molar-refractivity contribution in [2.24, 2.45) is 5.73 Å². The fourth-order valence-electron chi connectivity index (χ4n) is 2.91. The van der Waals surface area contributed by atoms with Crippen molar-refractivity contribution in [2.75, 3.05) is 18.6 Å². The van der Waals surface area contributed by atoms with Crippen LogP contribution in [0.4, 0.5) is 5.69 Å². The number of hydrogen-bond acceptors (Lipinski definition) is 8. The van der Waals surface area contributed by atoms with Crippen molar-refractivity contribution in [1.82, 2.24) is 10.2 Å². The van der Waals surface area contributed by atoms with Crippen molar-refractivity contribution in [1.29, 1.82) is 0 Å². The highest BCUT2D eigenvalue weighted by molar-refractivity contribution is 8.00. The van der Waals surface area contributed by atoms with Crippen LogP contribution in [-0.4, -0.2) is 57.2 Å². The summed E-state index contributed by atoms with van der Waals surface area (Å²) in [4.78, 5) is 37.4. The van der Waals surface area contributed by atoms with Gasteiger partial charge in [0.2, 0.25) is 5.91 Å². The highest BCUT2D eigenvalue weighted by Crippen LogP contribution is 2.40. The molecule has 1 aromatic rings. The van der Waals surface area contributed by atoms with E-state index in [1.54, 1.807) is 0 Å². The highest BCUT2D eigenvalue weighted by Gasteiger charge is 2.55. The average Bonchev–Trinajstić information content (AvgIpc) is 2.65. The van der Waals surface area contributed by atoms with E-state index in [-0.39, 0.29) is 28.6 Å². The third kappa shape index (κ3) is 3.15. The molecule has 1 saturated heterocycles. The fourth-order valence-corrected chi connectivity index (χ4v) is 4.22. The number of phenols is 1. The molecule has 2 aliphatic rings. The first-order valence-electron chi connectivity index (χ1n) is 7.85. The number of amides is 2. The second kappa shape index (κ2) is 7.00. The monoisotopic (exact) mass is 394 g/mol. The number of ether oxygens (including phenoxy) is 1. The van der Waals surface area contributed by atoms with Gasteiger partial charge in [-0.1, -0.05) is 6.07 Å². The molecule has 3 rings (SSSR count). The van der Waals surface area contributed by atoms with E-state index in [1.165, 1.54) is 37.1 Å². The lowest BCUT2D eigenvalue weighted by atomic mass is 10.0. The van der Waals surface area contributed by atoms with Crippen LogP contribution < -0.4 is 16.8 Å². The standard InChI is InChI=1S/C16H18N4O6S/c1-26-9-5-27-15-11(14(23)20(15)12(9)16(24)25)19-13(22)10(18)6-2-3-8(21)7(17)4-6/h2-4,10-11,15,21H,5,17-18H2,1H3,(H,19,22)(H,24,25)/t10?,11-,15-/m1/s1. The SMILES string of the molecule is COC1=C(C(=O)O)N2C(=O)[C@@H](NC(=O)C(N)c3ccc(O)c(N)c3)[C@H]2SC1. The van der Waals surface area contributed by atoms with Crippen LogP contribution in [0.5, 0.6) is 5.75 Å². The van der Waals surface area contributed by atoms with Crippen LogP contribution in [0.25, 0.3) is 0 Å². The summed E-state index contributed by atoms with van der Waals surface area (Å²) < 4.78 is 5.04. The number of nitrogen functional groups attached to an aromatic ring is 1. The van der Waals surface area contributed by atoms with E-state index in [2.05, 4.69) is 5.32 Å². The van der Waals surface area contributed by atoms with Crippen LogP contribution in [0.3, 0.4) is 0 Å². The Kier molecular flexibility index (Phi) is 4.89. The van der Waals surface area contributed by atoms with Crippen molar-refractivity contribution in [2.45, 2.75) is 17.5 Å². The van der Waals surface area contributed by atoms with Gasteiger partial charge in [0.25, 0.3) is 5.91 Å². The first-order chi connectivity index (χ1) is 12.8. The molecule has 0 aromatic heterocycles. The lowest BCUT2D eigenvalue weighted by Crippen LogP contribution is -2.71. The topological polar surface area (TPSA) is 168 Å². The number of benzene rings is 1. The van der Waals surface area contributed by atoms with Gasteiger partial charge in [0, 0.05) is 0 Å². The number of thioether (sulfide) groups is 1. The summed E-state index contributed by atoms with van der Waals surface area (Å²) in [6, 6.07) is 2.15. The van der Waals surface area contributed by atoms with Crippen LogP contribution in [0.1, 0.15) is 11.6 Å². The largest absolute Gasteiger partial charge is 0.506 e. The molecule has 1 aromatic carbocycles. The summed E-state index contributed by atoms with van der Waals surface area (Å²) in [6.45, 7) is 0. The smallest absolute Gasteiger partial charge is 0.356 e. The van der Waals surface area contributed by atoms with Gasteiger partial charge in [-0.05, 0) is 17.7 Å². The van der Waals surface area contributed by atoms with Gasteiger partial charge >= 0.3 is 5.97 Å². The van der Waals surface area contributed by atoms with Gasteiger partial charge in [0.05, 0.1) is 18.6 Å². The number of carbonyl (C=O) groups is 3. The van der Waals surface area contributed by atoms with Crippen LogP contribution in [0.15, 0.2) is 29.7 Å². The normalized spacial score (nSPS) is 22.6. The summed E-state index contributed by atoms with van der Waals surface area (Å²) in [5.74, 6) is -2.11. The molecule has 144 valence electrons. The zero-order valence-electron chi connectivity index (χ0n) is 14.2. The quantitative estimate of drug-likeness (QED) is 0.247. The number of methoxy groups -OCH3 is 1. The summed E-state index contributed by atoms with van der Waals surface area (Å²) in [5, 5.41) is 20.8. The van der Waals surface area contributed by atoms with Gasteiger partial charge in [-0.3, -0.25) is 14.5 Å². The fraction of sp³-hybridized carbons (Fsp3) is 0.312. The van der Waals surface area contributed by atoms with E-state index >= 15 is 0 Å². The Morgan fingerprint density at radius 1 is 1.44 bits per heavy atom. The number of hydrogen-bond donors (Lipinski definition) is 5. The van der Waals surface area contributed by atoms with Crippen molar-refractivity contribution < 1.29 is 29.3 Å². The number of aliphatic carboxylic acids is 1. The van der Waals surface area contributed by atoms with E-state index in [1.807, 2.05) is 0 Å². The molecule has 11 heteroatoms. The number of nitrogens with zero attached hydrogens (tertiary/aromatic N) is 1. The van der Waals surface area contributed by atoms with Gasteiger partial charge in [0.1, 0.15) is 29.0 Å². The Hall–Kier alpha value is -2.92. The molecule has 1 fully saturated rings. The molecule has 0 bridgehead atoms. The Bertz CT molecular complexity index is 857. The number of anilines is 1. The Labute approximate surface area is 158 Å². The zero-order chi connectivity index (χ0) is 19.9. The molecule has 3 atom stereocenters. The third-order valence-corrected chi connectivity index (χ3v) is 5.63. The van der Waals surface area contributed by atoms with Crippen molar-refractivity contribution in [3.8, 4) is 5.75 Å². The number of phenolic OH excluding ortho intramolecular Hbond substituents is 1. The maximum atomic E-state index is 12.4. The molecule has 27 heavy (non-hydrogen) atoms. The number of carboxylic acids is 1. The molecule has 10 nitrogen and oxygen atoms in total. The zero-order valence-corrected chi connectivity index (χ0v) is 15.0. The molecule has 1 unspecified atom stereocenters. The number of aromatic hydroxyl groups is 1. The van der Waals surface area contributed by atoms with E-state index in [4.69, 9.17) is 16.2 Å². The average molecular weight is 394 g/mol. The molecular formula is C16H18N4O6S. The van der Waals surface area contributed by atoms with E-state index in [0.717, 1.165) is 4.90 Å². The van der Waals surface area contributed by atoms with E-state index in [9.17, 15) is 24.6 Å². The molecule has 2 heterocycles. The predicted molar refractivity (Wildman–Crippen MR) is 96.1 cm³/mol. The molecular weight excluding hydrogens is 376 g/mol. The Morgan fingerprint density at radius 3 is 2.74 bits per heavy atom. The van der Waals surface area contributed by atoms with Gasteiger partial charge in [0.15, 0.2) is 5.70 Å². The minimum atomic E-state index is -1.27. The molecule has 0 radical (unpaired) electrons. The highest BCUT2D eigenvalue weighted by atomic mass is 32.2. The number of β-lactam (4-membered cyclic amide) rings is 1. The number of rotatable bonds is 5. The Morgan fingerprint density at radius 2 is 2.15 bits per heavy atom. The molecule has 0 spiro atoms. The lowest BCUT2D eigenvalue weighted by Gasteiger charge is -2.49. The number of nitrogens with two attached hydrogens (primary N) is 2. The summed E-state index contributed by atoms with van der Waals surface area (Å²) in [6.07, 6.45) is 0. The van der Waals surface area contributed by atoms with Crippen molar-refractivity contribution in [3.63, 3.8) is 0 Å². The molecule has 0 aliphatic carbocycles. The second-order valence-electron chi connectivity index (χ2n) is 5.97. The van der Waals surface area contributed by atoms with Gasteiger partial charge in [-0.2, -0.15) is 0 Å². The van der Waals surface area contributed by atoms with Crippen LogP contribution in [-0.2, 0) is 19.1 Å². The number of nitrogens with one attached hydrogen (secondary N) is 1. The van der Waals surface area contributed by atoms with E-state index in [0.29, 0.717) is 5.56 Å². The maximum absolute atomic E-state index is 12.4. The number of carboxylic acid groups (broad SMARTS) is 1. The second-order valence-corrected chi connectivity index (χ2v) is 7.08. The lowest BCUT2D eigenvalue weighted by molar-refractivity contribution is -0.151. The first kappa shape index (κ1) is 18.9. The van der Waals surface area contributed by atoms with Gasteiger partial charge < -0.3 is 31.7 Å². The summed E-state index contributed by atoms with van der Waals surface area (Å²) in [7, 11) is 1.34. The molecule has 2 amide bonds. The molecule has 2 aliphatic heterocycles. The van der Waals surface area contributed by atoms with Gasteiger partial charge in [-0.15, -0.1) is 11.8 Å².